The fourth-order valence-electron chi connectivity index (χ4n) is 2.36. The molecule has 0 aromatic heterocycles. The molecule has 4 nitrogen and oxygen atoms in total. The molecule has 2 rings (SSSR count). The van der Waals surface area contributed by atoms with Gasteiger partial charge >= 0.3 is 0 Å². The van der Waals surface area contributed by atoms with Gasteiger partial charge in [-0.05, 0) is 37.5 Å². The Morgan fingerprint density at radius 3 is 2.12 bits per heavy atom. The van der Waals surface area contributed by atoms with Crippen LogP contribution in [-0.2, 0) is 10.0 Å². The molecule has 0 heterocycles. The monoisotopic (exact) mass is 437 g/mol. The summed E-state index contributed by atoms with van der Waals surface area (Å²) in [5.41, 5.74) is 0.553. The molecule has 1 N–H and O–H groups in total. The molecular formula is C20H24BrNO3S. The topological polar surface area (TPSA) is 66.7 Å². The molecule has 0 aliphatic carbocycles. The molecule has 140 valence electrons. The van der Waals surface area contributed by atoms with Crippen LogP contribution in [0.4, 0.5) is 0 Å². The first-order chi connectivity index (χ1) is 12.1. The number of rotatable bonds is 6. The van der Waals surface area contributed by atoms with Crippen molar-refractivity contribution in [2.75, 3.05) is 0 Å². The Labute approximate surface area is 164 Å². The van der Waals surface area contributed by atoms with E-state index in [4.69, 9.17) is 0 Å². The van der Waals surface area contributed by atoms with Gasteiger partial charge in [-0.15, -0.1) is 0 Å². The minimum Gasteiger partial charge on any atom is -0.384 e. The Hall–Kier alpha value is -1.50. The third-order valence-corrected chi connectivity index (χ3v) is 6.78. The predicted molar refractivity (Wildman–Crippen MR) is 109 cm³/mol. The predicted octanol–water partition coefficient (Wildman–Crippen LogP) is 4.67. The average molecular weight is 438 g/mol. The first-order valence-corrected chi connectivity index (χ1v) is 10.7. The van der Waals surface area contributed by atoms with Crippen LogP contribution in [0.3, 0.4) is 0 Å². The van der Waals surface area contributed by atoms with Crippen LogP contribution in [0.5, 0.6) is 0 Å². The van der Waals surface area contributed by atoms with Gasteiger partial charge in [-0.2, -0.15) is 12.8 Å². The number of hydrogen-bond acceptors (Lipinski definition) is 3. The number of benzene rings is 2. The van der Waals surface area contributed by atoms with Gasteiger partial charge in [0.05, 0.1) is 15.4 Å². The number of nitrogens with zero attached hydrogens (tertiary/aromatic N) is 1. The van der Waals surface area contributed by atoms with Gasteiger partial charge < -0.3 is 5.11 Å². The second-order valence-electron chi connectivity index (χ2n) is 6.84. The van der Waals surface area contributed by atoms with Crippen LogP contribution in [0.25, 0.3) is 0 Å². The van der Waals surface area contributed by atoms with Gasteiger partial charge in [-0.25, -0.2) is 0 Å². The molecule has 0 bridgehead atoms. The van der Waals surface area contributed by atoms with E-state index in [9.17, 15) is 13.5 Å². The first kappa shape index (κ1) is 20.8. The van der Waals surface area contributed by atoms with Crippen molar-refractivity contribution < 1.29 is 13.5 Å². The van der Waals surface area contributed by atoms with Crippen LogP contribution in [0, 0.1) is 12.8 Å². The molecule has 2 aromatic carbocycles. The second-order valence-corrected chi connectivity index (χ2v) is 9.36. The Morgan fingerprint density at radius 1 is 1.08 bits per heavy atom. The van der Waals surface area contributed by atoms with Crippen LogP contribution < -0.4 is 0 Å². The van der Waals surface area contributed by atoms with E-state index in [0.29, 0.717) is 0 Å². The standard InChI is InChI=1S/C20H24BrNO3S/c1-14(2)20(4,23)19(18(21)16-8-6-5-7-9-16)22-26(24,25)17-12-10-15(3)11-13-17/h5-14,18,23H,1-4H3/b22-19-/t18-,20-/m0/s1. The summed E-state index contributed by atoms with van der Waals surface area (Å²) in [5.74, 6) is -0.224. The zero-order valence-electron chi connectivity index (χ0n) is 15.3. The van der Waals surface area contributed by atoms with E-state index in [-0.39, 0.29) is 16.5 Å². The van der Waals surface area contributed by atoms with Crippen LogP contribution >= 0.6 is 15.9 Å². The third kappa shape index (κ3) is 4.61. The minimum atomic E-state index is -3.95. The van der Waals surface area contributed by atoms with E-state index < -0.39 is 20.5 Å². The largest absolute Gasteiger partial charge is 0.384 e. The molecule has 0 unspecified atom stereocenters. The maximum Gasteiger partial charge on any atom is 0.282 e. The van der Waals surface area contributed by atoms with Crippen molar-refractivity contribution in [1.29, 1.82) is 0 Å². The Morgan fingerprint density at radius 2 is 1.62 bits per heavy atom. The summed E-state index contributed by atoms with van der Waals surface area (Å²) in [6, 6.07) is 15.8. The lowest BCUT2D eigenvalue weighted by Gasteiger charge is -2.32. The van der Waals surface area contributed by atoms with Gasteiger partial charge in [0.1, 0.15) is 5.60 Å². The summed E-state index contributed by atoms with van der Waals surface area (Å²) in [5, 5.41) is 11.0. The number of hydrogen-bond donors (Lipinski definition) is 1. The molecular weight excluding hydrogens is 414 g/mol. The Bertz CT molecular complexity index is 873. The average Bonchev–Trinajstić information content (AvgIpc) is 2.60. The number of aliphatic hydroxyl groups is 1. The lowest BCUT2D eigenvalue weighted by atomic mass is 9.84. The number of alkyl halides is 1. The second kappa shape index (κ2) is 8.03. The number of aryl methyl sites for hydroxylation is 1. The molecule has 2 atom stereocenters. The maximum atomic E-state index is 12.8. The lowest BCUT2D eigenvalue weighted by Crippen LogP contribution is -2.43. The quantitative estimate of drug-likeness (QED) is 0.527. The minimum absolute atomic E-state index is 0.105. The number of halogens is 1. The zero-order chi connectivity index (χ0) is 19.5. The van der Waals surface area contributed by atoms with Crippen LogP contribution in [-0.4, -0.2) is 24.8 Å². The molecule has 2 aromatic rings. The van der Waals surface area contributed by atoms with E-state index in [1.54, 1.807) is 19.1 Å². The molecule has 0 aliphatic heterocycles. The van der Waals surface area contributed by atoms with E-state index in [2.05, 4.69) is 20.3 Å². The molecule has 0 radical (unpaired) electrons. The van der Waals surface area contributed by atoms with E-state index in [1.807, 2.05) is 51.1 Å². The van der Waals surface area contributed by atoms with Crippen molar-refractivity contribution in [3.8, 4) is 0 Å². The summed E-state index contributed by atoms with van der Waals surface area (Å²) in [6.07, 6.45) is 0. The molecule has 0 aliphatic rings. The van der Waals surface area contributed by atoms with Crippen molar-refractivity contribution >= 4 is 31.7 Å². The SMILES string of the molecule is Cc1ccc(S(=O)(=O)/N=C(/[C@@H](Br)c2ccccc2)[C@@](C)(O)C(C)C)cc1. The van der Waals surface area contributed by atoms with Crippen molar-refractivity contribution in [1.82, 2.24) is 0 Å². The molecule has 0 saturated carbocycles. The summed E-state index contributed by atoms with van der Waals surface area (Å²) in [4.78, 5) is -0.422. The summed E-state index contributed by atoms with van der Waals surface area (Å²) < 4.78 is 29.7. The fraction of sp³-hybridized carbons (Fsp3) is 0.350. The van der Waals surface area contributed by atoms with Gasteiger partial charge in [0, 0.05) is 0 Å². The Balaban J connectivity index is 2.60. The first-order valence-electron chi connectivity index (χ1n) is 8.39. The summed E-state index contributed by atoms with van der Waals surface area (Å²) >= 11 is 3.54. The van der Waals surface area contributed by atoms with E-state index >= 15 is 0 Å². The van der Waals surface area contributed by atoms with Crippen molar-refractivity contribution in [2.45, 2.75) is 43.0 Å². The van der Waals surface area contributed by atoms with Crippen LogP contribution in [0.15, 0.2) is 63.9 Å². The molecule has 0 saturated heterocycles. The zero-order valence-corrected chi connectivity index (χ0v) is 17.8. The van der Waals surface area contributed by atoms with Crippen LogP contribution in [0.1, 0.15) is 36.7 Å². The summed E-state index contributed by atoms with van der Waals surface area (Å²) in [7, 11) is -3.95. The van der Waals surface area contributed by atoms with Gasteiger partial charge in [0.2, 0.25) is 0 Å². The van der Waals surface area contributed by atoms with E-state index in [0.717, 1.165) is 11.1 Å². The van der Waals surface area contributed by atoms with Crippen molar-refractivity contribution in [2.24, 2.45) is 10.3 Å². The highest BCUT2D eigenvalue weighted by Crippen LogP contribution is 2.34. The lowest BCUT2D eigenvalue weighted by molar-refractivity contribution is 0.0814. The van der Waals surface area contributed by atoms with E-state index in [1.165, 1.54) is 12.1 Å². The highest BCUT2D eigenvalue weighted by Gasteiger charge is 2.37. The van der Waals surface area contributed by atoms with Gasteiger partial charge in [0.15, 0.2) is 0 Å². The number of sulfonamides is 1. The van der Waals surface area contributed by atoms with Crippen molar-refractivity contribution in [3.63, 3.8) is 0 Å². The highest BCUT2D eigenvalue weighted by molar-refractivity contribution is 9.09. The fourth-order valence-corrected chi connectivity index (χ4v) is 4.50. The van der Waals surface area contributed by atoms with Gasteiger partial charge in [-0.3, -0.25) is 0 Å². The normalized spacial score (nSPS) is 16.3. The molecule has 0 amide bonds. The molecule has 26 heavy (non-hydrogen) atoms. The maximum absolute atomic E-state index is 12.8. The highest BCUT2D eigenvalue weighted by atomic mass is 79.9. The van der Waals surface area contributed by atoms with Crippen molar-refractivity contribution in [3.05, 3.63) is 65.7 Å². The third-order valence-electron chi connectivity index (χ3n) is 4.51. The molecule has 0 fully saturated rings. The summed E-state index contributed by atoms with van der Waals surface area (Å²) in [6.45, 7) is 7.15. The van der Waals surface area contributed by atoms with Crippen LogP contribution in [0.2, 0.25) is 0 Å². The Kier molecular flexibility index (Phi) is 6.42. The molecule has 0 spiro atoms. The smallest absolute Gasteiger partial charge is 0.282 e. The van der Waals surface area contributed by atoms with Gasteiger partial charge in [-0.1, -0.05) is 77.8 Å². The molecule has 6 heteroatoms. The van der Waals surface area contributed by atoms with Gasteiger partial charge in [0.25, 0.3) is 10.0 Å².